The highest BCUT2D eigenvalue weighted by atomic mass is 16.2. The van der Waals surface area contributed by atoms with Crippen molar-refractivity contribution in [2.45, 2.75) is 40.2 Å². The highest BCUT2D eigenvalue weighted by Crippen LogP contribution is 2.29. The number of ketones is 1. The minimum atomic E-state index is -0.187. The molecule has 5 aromatic rings. The standard InChI is InChI=1S/C28H27N7O2/c1-4-8-22-17-35(26-18(2)9-7-12-23(26)19(3)36)28(37)34(22)16-21-14-13-20(15-29-21)24-10-5-6-11-25(24)27-30-32-33-31-27/h5-7,9-15,17H,4,8,16H2,1-3H3,(H,30,31,32,33). The third-order valence-electron chi connectivity index (χ3n) is 6.40. The van der Waals surface area contributed by atoms with Crippen molar-refractivity contribution in [3.05, 3.63) is 100.0 Å². The van der Waals surface area contributed by atoms with Gasteiger partial charge in [0.2, 0.25) is 5.82 Å². The lowest BCUT2D eigenvalue weighted by molar-refractivity contribution is 0.101. The number of hydrogen-bond donors (Lipinski definition) is 1. The molecule has 186 valence electrons. The van der Waals surface area contributed by atoms with Gasteiger partial charge in [-0.25, -0.2) is 4.79 Å². The van der Waals surface area contributed by atoms with Crippen LogP contribution >= 0.6 is 0 Å². The molecule has 2 aromatic carbocycles. The Balaban J connectivity index is 1.51. The third-order valence-corrected chi connectivity index (χ3v) is 6.40. The molecule has 0 saturated carbocycles. The van der Waals surface area contributed by atoms with Gasteiger partial charge < -0.3 is 0 Å². The van der Waals surface area contributed by atoms with Crippen molar-refractivity contribution in [2.75, 3.05) is 0 Å². The lowest BCUT2D eigenvalue weighted by Gasteiger charge is -2.11. The van der Waals surface area contributed by atoms with Gasteiger partial charge in [-0.15, -0.1) is 10.2 Å². The van der Waals surface area contributed by atoms with Gasteiger partial charge in [-0.1, -0.05) is 55.8 Å². The van der Waals surface area contributed by atoms with E-state index >= 15 is 0 Å². The van der Waals surface area contributed by atoms with Gasteiger partial charge in [0.1, 0.15) is 0 Å². The van der Waals surface area contributed by atoms with Gasteiger partial charge in [-0.05, 0) is 48.7 Å². The van der Waals surface area contributed by atoms with E-state index in [9.17, 15) is 9.59 Å². The number of Topliss-reactive ketones (excluding diaryl/α,β-unsaturated/α-hetero) is 1. The van der Waals surface area contributed by atoms with Gasteiger partial charge in [0.15, 0.2) is 5.78 Å². The molecule has 0 radical (unpaired) electrons. The number of hydrogen-bond acceptors (Lipinski definition) is 6. The average molecular weight is 494 g/mol. The molecule has 0 spiro atoms. The molecule has 5 rings (SSSR count). The van der Waals surface area contributed by atoms with Crippen LogP contribution in [0.15, 0.2) is 71.8 Å². The minimum Gasteiger partial charge on any atom is -0.294 e. The number of carbonyl (C=O) groups is 1. The number of pyridine rings is 1. The number of H-pyrrole nitrogens is 1. The number of rotatable bonds is 8. The van der Waals surface area contributed by atoms with E-state index in [1.807, 2.05) is 61.7 Å². The molecule has 0 aliphatic rings. The fourth-order valence-corrected chi connectivity index (χ4v) is 4.62. The Morgan fingerprint density at radius 3 is 2.51 bits per heavy atom. The first kappa shape index (κ1) is 24.1. The molecule has 37 heavy (non-hydrogen) atoms. The second kappa shape index (κ2) is 10.1. The van der Waals surface area contributed by atoms with E-state index < -0.39 is 0 Å². The van der Waals surface area contributed by atoms with Crippen LogP contribution in [0.2, 0.25) is 0 Å². The second-order valence-electron chi connectivity index (χ2n) is 8.96. The Kier molecular flexibility index (Phi) is 6.59. The Labute approximate surface area is 213 Å². The lowest BCUT2D eigenvalue weighted by Crippen LogP contribution is -2.26. The molecular formula is C28H27N7O2. The normalized spacial score (nSPS) is 11.1. The van der Waals surface area contributed by atoms with Gasteiger partial charge >= 0.3 is 5.69 Å². The van der Waals surface area contributed by atoms with E-state index in [0.717, 1.165) is 46.5 Å². The molecule has 9 nitrogen and oxygen atoms in total. The molecule has 0 unspecified atom stereocenters. The molecule has 1 N–H and O–H groups in total. The number of aromatic amines is 1. The summed E-state index contributed by atoms with van der Waals surface area (Å²) in [5.41, 5.74) is 6.22. The largest absolute Gasteiger partial charge is 0.333 e. The van der Waals surface area contributed by atoms with Crippen molar-refractivity contribution in [1.82, 2.24) is 34.7 Å². The van der Waals surface area contributed by atoms with E-state index in [1.165, 1.54) is 6.92 Å². The Morgan fingerprint density at radius 1 is 1.03 bits per heavy atom. The van der Waals surface area contributed by atoms with E-state index in [0.29, 0.717) is 23.6 Å². The SMILES string of the molecule is CCCc1cn(-c2c(C)cccc2C(C)=O)c(=O)n1Cc1ccc(-c2ccccc2-c2nn[nH]n2)cn1. The molecule has 0 amide bonds. The monoisotopic (exact) mass is 493 g/mol. The summed E-state index contributed by atoms with van der Waals surface area (Å²) in [4.78, 5) is 30.6. The molecular weight excluding hydrogens is 466 g/mol. The smallest absolute Gasteiger partial charge is 0.294 e. The van der Waals surface area contributed by atoms with Gasteiger partial charge in [0, 0.05) is 34.8 Å². The molecule has 9 heteroatoms. The summed E-state index contributed by atoms with van der Waals surface area (Å²) in [6.45, 7) is 5.84. The van der Waals surface area contributed by atoms with E-state index in [2.05, 4.69) is 32.5 Å². The van der Waals surface area contributed by atoms with Crippen LogP contribution in [0.5, 0.6) is 0 Å². The van der Waals surface area contributed by atoms with Gasteiger partial charge in [0.25, 0.3) is 0 Å². The quantitative estimate of drug-likeness (QED) is 0.321. The first-order valence-corrected chi connectivity index (χ1v) is 12.2. The minimum absolute atomic E-state index is 0.0752. The molecule has 0 atom stereocenters. The van der Waals surface area contributed by atoms with E-state index in [1.54, 1.807) is 21.4 Å². The lowest BCUT2D eigenvalue weighted by atomic mass is 10.0. The average Bonchev–Trinajstić information content (AvgIpc) is 3.54. The number of aryl methyl sites for hydroxylation is 2. The number of nitrogens with zero attached hydrogens (tertiary/aromatic N) is 6. The third kappa shape index (κ3) is 4.63. The van der Waals surface area contributed by atoms with Crippen molar-refractivity contribution < 1.29 is 4.79 Å². The maximum Gasteiger partial charge on any atom is 0.333 e. The van der Waals surface area contributed by atoms with Crippen LogP contribution < -0.4 is 5.69 Å². The summed E-state index contributed by atoms with van der Waals surface area (Å²) in [7, 11) is 0. The summed E-state index contributed by atoms with van der Waals surface area (Å²) in [5, 5.41) is 14.4. The first-order valence-electron chi connectivity index (χ1n) is 12.2. The molecule has 0 fully saturated rings. The molecule has 0 aliphatic heterocycles. The zero-order valence-corrected chi connectivity index (χ0v) is 21.0. The summed E-state index contributed by atoms with van der Waals surface area (Å²) in [6, 6.07) is 17.2. The summed E-state index contributed by atoms with van der Waals surface area (Å²) < 4.78 is 3.35. The van der Waals surface area contributed by atoms with Crippen molar-refractivity contribution in [3.63, 3.8) is 0 Å². The fraction of sp³-hybridized carbons (Fsp3) is 0.214. The predicted octanol–water partition coefficient (Wildman–Crippen LogP) is 4.39. The van der Waals surface area contributed by atoms with Crippen LogP contribution in [0.1, 0.15) is 47.6 Å². The zero-order valence-electron chi connectivity index (χ0n) is 21.0. The highest BCUT2D eigenvalue weighted by Gasteiger charge is 2.19. The molecule has 0 saturated heterocycles. The zero-order chi connectivity index (χ0) is 25.9. The van der Waals surface area contributed by atoms with Crippen molar-refractivity contribution in [3.8, 4) is 28.2 Å². The molecule has 0 aliphatic carbocycles. The molecule has 0 bridgehead atoms. The van der Waals surface area contributed by atoms with Gasteiger partial charge in [-0.2, -0.15) is 5.21 Å². The Hall–Kier alpha value is -4.66. The van der Waals surface area contributed by atoms with E-state index in [-0.39, 0.29) is 11.5 Å². The van der Waals surface area contributed by atoms with Crippen LogP contribution in [-0.2, 0) is 13.0 Å². The number of carbonyl (C=O) groups excluding carboxylic acids is 1. The summed E-state index contributed by atoms with van der Waals surface area (Å²) in [6.07, 6.45) is 5.27. The number of nitrogens with one attached hydrogen (secondary N) is 1. The second-order valence-corrected chi connectivity index (χ2v) is 8.96. The topological polar surface area (TPSA) is 111 Å². The first-order chi connectivity index (χ1) is 18.0. The van der Waals surface area contributed by atoms with Crippen molar-refractivity contribution in [2.24, 2.45) is 0 Å². The predicted molar refractivity (Wildman–Crippen MR) is 141 cm³/mol. The number of para-hydroxylation sites is 1. The van der Waals surface area contributed by atoms with Crippen LogP contribution in [-0.4, -0.2) is 40.5 Å². The van der Waals surface area contributed by atoms with Crippen LogP contribution in [0, 0.1) is 6.92 Å². The van der Waals surface area contributed by atoms with E-state index in [4.69, 9.17) is 0 Å². The Bertz CT molecular complexity index is 1610. The maximum absolute atomic E-state index is 13.6. The molecule has 3 heterocycles. The number of benzene rings is 2. The highest BCUT2D eigenvalue weighted by molar-refractivity contribution is 5.98. The van der Waals surface area contributed by atoms with Crippen molar-refractivity contribution in [1.29, 1.82) is 0 Å². The van der Waals surface area contributed by atoms with Crippen LogP contribution in [0.25, 0.3) is 28.2 Å². The van der Waals surface area contributed by atoms with Gasteiger partial charge in [-0.3, -0.25) is 18.9 Å². The van der Waals surface area contributed by atoms with Crippen LogP contribution in [0.4, 0.5) is 0 Å². The maximum atomic E-state index is 13.6. The number of tetrazole rings is 1. The molecule has 3 aromatic heterocycles. The number of aromatic nitrogens is 7. The van der Waals surface area contributed by atoms with Gasteiger partial charge in [0.05, 0.1) is 17.9 Å². The summed E-state index contributed by atoms with van der Waals surface area (Å²) >= 11 is 0. The fourth-order valence-electron chi connectivity index (χ4n) is 4.62. The van der Waals surface area contributed by atoms with Crippen LogP contribution in [0.3, 0.4) is 0 Å². The van der Waals surface area contributed by atoms with Crippen molar-refractivity contribution >= 4 is 5.78 Å². The summed E-state index contributed by atoms with van der Waals surface area (Å²) in [5.74, 6) is 0.437. The number of imidazole rings is 1. The Morgan fingerprint density at radius 2 is 1.84 bits per heavy atom.